The van der Waals surface area contributed by atoms with E-state index in [0.717, 1.165) is 10.2 Å². The van der Waals surface area contributed by atoms with Crippen molar-refractivity contribution in [2.24, 2.45) is 0 Å². The minimum atomic E-state index is -0.324. The van der Waals surface area contributed by atoms with E-state index in [0.29, 0.717) is 17.9 Å². The predicted octanol–water partition coefficient (Wildman–Crippen LogP) is 4.42. The Morgan fingerprint density at radius 1 is 1.11 bits per heavy atom. The van der Waals surface area contributed by atoms with E-state index in [9.17, 15) is 4.79 Å². The average Bonchev–Trinajstić information content (AvgIpc) is 2.42. The summed E-state index contributed by atoms with van der Waals surface area (Å²) in [6.45, 7) is 2.15. The summed E-state index contributed by atoms with van der Waals surface area (Å²) in [6, 6.07) is 14.4. The molecule has 0 aliphatic heterocycles. The van der Waals surface area contributed by atoms with Crippen LogP contribution in [0.3, 0.4) is 0 Å². The summed E-state index contributed by atoms with van der Waals surface area (Å²) in [5.41, 5.74) is 0.515. The maximum Gasteiger partial charge on any atom is 0.338 e. The van der Waals surface area contributed by atoms with Crippen LogP contribution in [0.1, 0.15) is 17.3 Å². The van der Waals surface area contributed by atoms with Crippen LogP contribution in [0.15, 0.2) is 53.0 Å². The Bertz CT molecular complexity index is 564. The molecule has 0 aromatic heterocycles. The minimum absolute atomic E-state index is 0.324. The van der Waals surface area contributed by atoms with Gasteiger partial charge in [0.25, 0.3) is 0 Å². The third-order valence-electron chi connectivity index (χ3n) is 2.43. The molecule has 0 bridgehead atoms. The third kappa shape index (κ3) is 3.58. The summed E-state index contributed by atoms with van der Waals surface area (Å²) in [5.74, 6) is 1.07. The molecule has 0 aliphatic carbocycles. The number of para-hydroxylation sites is 1. The van der Waals surface area contributed by atoms with Gasteiger partial charge in [0.2, 0.25) is 0 Å². The first-order valence-electron chi connectivity index (χ1n) is 5.90. The van der Waals surface area contributed by atoms with Crippen LogP contribution >= 0.6 is 15.9 Å². The van der Waals surface area contributed by atoms with Crippen molar-refractivity contribution in [3.05, 3.63) is 58.6 Å². The van der Waals surface area contributed by atoms with E-state index in [-0.39, 0.29) is 5.97 Å². The standard InChI is InChI=1S/C15H13BrO3/c1-2-18-15(17)11-7-9-12(10-8-11)19-14-6-4-3-5-13(14)16/h3-10H,2H2,1H3. The van der Waals surface area contributed by atoms with Crippen LogP contribution in [0.2, 0.25) is 0 Å². The van der Waals surface area contributed by atoms with Gasteiger partial charge in [-0.05, 0) is 59.3 Å². The molecule has 0 radical (unpaired) electrons. The summed E-state index contributed by atoms with van der Waals surface area (Å²) in [6.07, 6.45) is 0. The summed E-state index contributed by atoms with van der Waals surface area (Å²) >= 11 is 3.41. The van der Waals surface area contributed by atoms with Crippen LogP contribution in [0.25, 0.3) is 0 Å². The Labute approximate surface area is 120 Å². The van der Waals surface area contributed by atoms with Crippen LogP contribution in [-0.2, 0) is 4.74 Å². The van der Waals surface area contributed by atoms with Gasteiger partial charge in [-0.2, -0.15) is 0 Å². The van der Waals surface area contributed by atoms with Gasteiger partial charge in [0.15, 0.2) is 0 Å². The smallest absolute Gasteiger partial charge is 0.338 e. The molecule has 0 aliphatic rings. The van der Waals surface area contributed by atoms with Gasteiger partial charge in [-0.3, -0.25) is 0 Å². The second-order valence-corrected chi connectivity index (χ2v) is 4.63. The number of hydrogen-bond acceptors (Lipinski definition) is 3. The van der Waals surface area contributed by atoms with E-state index in [4.69, 9.17) is 9.47 Å². The second-order valence-electron chi connectivity index (χ2n) is 3.78. The van der Waals surface area contributed by atoms with Gasteiger partial charge < -0.3 is 9.47 Å². The molecule has 0 saturated heterocycles. The van der Waals surface area contributed by atoms with E-state index in [2.05, 4.69) is 15.9 Å². The first kappa shape index (κ1) is 13.6. The van der Waals surface area contributed by atoms with E-state index < -0.39 is 0 Å². The molecule has 3 nitrogen and oxygen atoms in total. The Balaban J connectivity index is 2.11. The Morgan fingerprint density at radius 2 is 1.79 bits per heavy atom. The average molecular weight is 321 g/mol. The normalized spacial score (nSPS) is 10.0. The summed E-state index contributed by atoms with van der Waals surface area (Å²) < 4.78 is 11.5. The van der Waals surface area contributed by atoms with Crippen molar-refractivity contribution in [2.45, 2.75) is 6.92 Å². The number of halogens is 1. The van der Waals surface area contributed by atoms with E-state index in [1.807, 2.05) is 24.3 Å². The lowest BCUT2D eigenvalue weighted by molar-refractivity contribution is 0.0526. The highest BCUT2D eigenvalue weighted by Gasteiger charge is 2.07. The number of benzene rings is 2. The Kier molecular flexibility index (Phi) is 4.58. The Hall–Kier alpha value is -1.81. The van der Waals surface area contributed by atoms with Crippen molar-refractivity contribution in [1.82, 2.24) is 0 Å². The van der Waals surface area contributed by atoms with Crippen LogP contribution in [0.5, 0.6) is 11.5 Å². The number of rotatable bonds is 4. The highest BCUT2D eigenvalue weighted by molar-refractivity contribution is 9.10. The molecule has 2 aromatic carbocycles. The maximum atomic E-state index is 11.5. The van der Waals surface area contributed by atoms with Crippen molar-refractivity contribution in [3.8, 4) is 11.5 Å². The number of carbonyl (C=O) groups is 1. The molecular formula is C15H13BrO3. The fourth-order valence-electron chi connectivity index (χ4n) is 1.53. The first-order valence-corrected chi connectivity index (χ1v) is 6.69. The van der Waals surface area contributed by atoms with Crippen LogP contribution < -0.4 is 4.74 Å². The highest BCUT2D eigenvalue weighted by Crippen LogP contribution is 2.29. The Morgan fingerprint density at radius 3 is 2.42 bits per heavy atom. The van der Waals surface area contributed by atoms with Gasteiger partial charge in [0.05, 0.1) is 16.6 Å². The van der Waals surface area contributed by atoms with Gasteiger partial charge in [0, 0.05) is 0 Å². The number of carbonyl (C=O) groups excluding carboxylic acids is 1. The van der Waals surface area contributed by atoms with Crippen LogP contribution in [-0.4, -0.2) is 12.6 Å². The van der Waals surface area contributed by atoms with E-state index in [1.165, 1.54) is 0 Å². The van der Waals surface area contributed by atoms with Gasteiger partial charge >= 0.3 is 5.97 Å². The van der Waals surface area contributed by atoms with Gasteiger partial charge in [-0.25, -0.2) is 4.79 Å². The fourth-order valence-corrected chi connectivity index (χ4v) is 1.89. The fraction of sp³-hybridized carbons (Fsp3) is 0.133. The molecule has 98 valence electrons. The van der Waals surface area contributed by atoms with Crippen molar-refractivity contribution in [2.75, 3.05) is 6.61 Å². The summed E-state index contributed by atoms with van der Waals surface area (Å²) in [7, 11) is 0. The van der Waals surface area contributed by atoms with Gasteiger partial charge in [0.1, 0.15) is 11.5 Å². The van der Waals surface area contributed by atoms with Gasteiger partial charge in [-0.1, -0.05) is 12.1 Å². The molecule has 19 heavy (non-hydrogen) atoms. The molecule has 4 heteroatoms. The molecule has 2 aromatic rings. The monoisotopic (exact) mass is 320 g/mol. The zero-order valence-corrected chi connectivity index (χ0v) is 12.0. The number of hydrogen-bond donors (Lipinski definition) is 0. The zero-order chi connectivity index (χ0) is 13.7. The van der Waals surface area contributed by atoms with E-state index >= 15 is 0 Å². The lowest BCUT2D eigenvalue weighted by Crippen LogP contribution is -2.03. The molecular weight excluding hydrogens is 308 g/mol. The minimum Gasteiger partial charge on any atom is -0.462 e. The highest BCUT2D eigenvalue weighted by atomic mass is 79.9. The summed E-state index contributed by atoms with van der Waals surface area (Å²) in [5, 5.41) is 0. The van der Waals surface area contributed by atoms with Gasteiger partial charge in [-0.15, -0.1) is 0 Å². The van der Waals surface area contributed by atoms with Crippen LogP contribution in [0.4, 0.5) is 0 Å². The molecule has 0 saturated carbocycles. The number of esters is 1. The largest absolute Gasteiger partial charge is 0.462 e. The third-order valence-corrected chi connectivity index (χ3v) is 3.09. The van der Waals surface area contributed by atoms with Crippen molar-refractivity contribution < 1.29 is 14.3 Å². The van der Waals surface area contributed by atoms with Crippen molar-refractivity contribution >= 4 is 21.9 Å². The quantitative estimate of drug-likeness (QED) is 0.782. The van der Waals surface area contributed by atoms with Crippen molar-refractivity contribution in [1.29, 1.82) is 0 Å². The second kappa shape index (κ2) is 6.38. The lowest BCUT2D eigenvalue weighted by atomic mass is 10.2. The number of ether oxygens (including phenoxy) is 2. The lowest BCUT2D eigenvalue weighted by Gasteiger charge is -2.08. The molecule has 0 unspecified atom stereocenters. The molecule has 2 rings (SSSR count). The van der Waals surface area contributed by atoms with Crippen molar-refractivity contribution in [3.63, 3.8) is 0 Å². The zero-order valence-electron chi connectivity index (χ0n) is 10.4. The molecule has 0 fully saturated rings. The van der Waals surface area contributed by atoms with E-state index in [1.54, 1.807) is 31.2 Å². The van der Waals surface area contributed by atoms with Crippen LogP contribution in [0, 0.1) is 0 Å². The summed E-state index contributed by atoms with van der Waals surface area (Å²) in [4.78, 5) is 11.5. The predicted molar refractivity (Wildman–Crippen MR) is 76.6 cm³/mol. The topological polar surface area (TPSA) is 35.5 Å². The molecule has 0 spiro atoms. The molecule has 0 amide bonds. The molecule has 0 atom stereocenters. The molecule has 0 N–H and O–H groups in total. The molecule has 0 heterocycles. The SMILES string of the molecule is CCOC(=O)c1ccc(Oc2ccccc2Br)cc1. The maximum absolute atomic E-state index is 11.5. The first-order chi connectivity index (χ1) is 9.20.